The van der Waals surface area contributed by atoms with Crippen LogP contribution in [0.4, 0.5) is 17.3 Å². The summed E-state index contributed by atoms with van der Waals surface area (Å²) in [5, 5.41) is 6.08. The van der Waals surface area contributed by atoms with Crippen LogP contribution in [0.2, 0.25) is 10.0 Å². The number of carbonyl (C=O) groups excluding carboxylic acids is 1. The van der Waals surface area contributed by atoms with E-state index in [0.717, 1.165) is 11.6 Å². The van der Waals surface area contributed by atoms with Gasteiger partial charge >= 0.3 is 0 Å². The summed E-state index contributed by atoms with van der Waals surface area (Å²) in [6.07, 6.45) is 2.52. The molecule has 0 fully saturated rings. The second-order valence-corrected chi connectivity index (χ2v) is 8.24. The molecule has 0 radical (unpaired) electrons. The molecule has 4 aromatic rings. The molecule has 0 saturated heterocycles. The maximum atomic E-state index is 13.0. The predicted octanol–water partition coefficient (Wildman–Crippen LogP) is 5.75. The minimum absolute atomic E-state index is 0.0311. The monoisotopic (exact) mass is 526 g/mol. The molecule has 184 valence electrons. The van der Waals surface area contributed by atoms with Gasteiger partial charge in [-0.1, -0.05) is 41.9 Å². The SMILES string of the molecule is C=CC(=O)Nc1cccc(C)c1Nc1ncc2oc(-c3c(Cl)c(OC)cc(OC)c3Cl)cc(=O)c2n1. The Labute approximate surface area is 215 Å². The number of rotatable bonds is 7. The van der Waals surface area contributed by atoms with Crippen LogP contribution in [0.5, 0.6) is 11.5 Å². The molecule has 11 heteroatoms. The number of aromatic nitrogens is 2. The Bertz CT molecular complexity index is 1540. The molecule has 0 aliphatic rings. The van der Waals surface area contributed by atoms with Gasteiger partial charge in [-0.15, -0.1) is 0 Å². The van der Waals surface area contributed by atoms with Crippen molar-refractivity contribution in [3.8, 4) is 22.8 Å². The molecule has 2 aromatic heterocycles. The minimum Gasteiger partial charge on any atom is -0.495 e. The zero-order valence-corrected chi connectivity index (χ0v) is 21.0. The lowest BCUT2D eigenvalue weighted by atomic mass is 10.1. The van der Waals surface area contributed by atoms with Crippen molar-refractivity contribution in [1.29, 1.82) is 0 Å². The maximum Gasteiger partial charge on any atom is 0.247 e. The molecular formula is C25H20Cl2N4O5. The van der Waals surface area contributed by atoms with Gasteiger partial charge in [0.2, 0.25) is 17.3 Å². The molecule has 9 nitrogen and oxygen atoms in total. The lowest BCUT2D eigenvalue weighted by molar-refractivity contribution is -0.111. The lowest BCUT2D eigenvalue weighted by Crippen LogP contribution is -2.11. The second kappa shape index (κ2) is 10.3. The van der Waals surface area contributed by atoms with Crippen molar-refractivity contribution >= 4 is 57.5 Å². The molecule has 0 aliphatic carbocycles. The van der Waals surface area contributed by atoms with E-state index in [1.54, 1.807) is 12.1 Å². The molecular weight excluding hydrogens is 507 g/mol. The highest BCUT2D eigenvalue weighted by molar-refractivity contribution is 6.41. The van der Waals surface area contributed by atoms with E-state index in [9.17, 15) is 9.59 Å². The van der Waals surface area contributed by atoms with Crippen molar-refractivity contribution < 1.29 is 18.7 Å². The van der Waals surface area contributed by atoms with Gasteiger partial charge < -0.3 is 24.5 Å². The number of hydrogen-bond donors (Lipinski definition) is 2. The van der Waals surface area contributed by atoms with Crippen LogP contribution >= 0.6 is 23.2 Å². The number of carbonyl (C=O) groups is 1. The predicted molar refractivity (Wildman–Crippen MR) is 140 cm³/mol. The quantitative estimate of drug-likeness (QED) is 0.292. The number of amides is 1. The first kappa shape index (κ1) is 25.0. The Hall–Kier alpha value is -4.08. The molecule has 2 heterocycles. The van der Waals surface area contributed by atoms with Crippen LogP contribution in [-0.4, -0.2) is 30.1 Å². The van der Waals surface area contributed by atoms with Gasteiger partial charge in [0.05, 0.1) is 47.4 Å². The van der Waals surface area contributed by atoms with Crippen molar-refractivity contribution in [3.05, 3.63) is 75.0 Å². The fourth-order valence-corrected chi connectivity index (χ4v) is 4.16. The van der Waals surface area contributed by atoms with Gasteiger partial charge in [-0.25, -0.2) is 9.97 Å². The second-order valence-electron chi connectivity index (χ2n) is 7.48. The summed E-state index contributed by atoms with van der Waals surface area (Å²) >= 11 is 12.9. The molecule has 36 heavy (non-hydrogen) atoms. The normalized spacial score (nSPS) is 10.7. The van der Waals surface area contributed by atoms with Gasteiger partial charge in [0, 0.05) is 12.1 Å². The largest absolute Gasteiger partial charge is 0.495 e. The van der Waals surface area contributed by atoms with E-state index in [4.69, 9.17) is 37.1 Å². The van der Waals surface area contributed by atoms with Crippen LogP contribution in [0.25, 0.3) is 22.4 Å². The third-order valence-corrected chi connectivity index (χ3v) is 5.99. The number of halogens is 2. The molecule has 0 saturated carbocycles. The van der Waals surface area contributed by atoms with Crippen LogP contribution < -0.4 is 25.5 Å². The number of ether oxygens (including phenoxy) is 2. The minimum atomic E-state index is -0.449. The molecule has 1 amide bonds. The number of benzene rings is 2. The van der Waals surface area contributed by atoms with Crippen molar-refractivity contribution in [1.82, 2.24) is 9.97 Å². The molecule has 4 rings (SSSR count). The summed E-state index contributed by atoms with van der Waals surface area (Å²) in [6.45, 7) is 5.31. The molecule has 0 spiro atoms. The van der Waals surface area contributed by atoms with E-state index in [-0.39, 0.29) is 44.3 Å². The Morgan fingerprint density at radius 3 is 2.47 bits per heavy atom. The van der Waals surface area contributed by atoms with Gasteiger partial charge in [-0.05, 0) is 24.6 Å². The smallest absolute Gasteiger partial charge is 0.247 e. The molecule has 0 unspecified atom stereocenters. The molecule has 0 bridgehead atoms. The van der Waals surface area contributed by atoms with Crippen molar-refractivity contribution in [2.24, 2.45) is 0 Å². The van der Waals surface area contributed by atoms with Crippen LogP contribution in [0.3, 0.4) is 0 Å². The van der Waals surface area contributed by atoms with Gasteiger partial charge in [0.15, 0.2) is 11.1 Å². The van der Waals surface area contributed by atoms with Crippen LogP contribution in [0, 0.1) is 6.92 Å². The van der Waals surface area contributed by atoms with Crippen LogP contribution in [-0.2, 0) is 4.79 Å². The first-order valence-corrected chi connectivity index (χ1v) is 11.2. The van der Waals surface area contributed by atoms with Crippen LogP contribution in [0.1, 0.15) is 5.56 Å². The average Bonchev–Trinajstić information content (AvgIpc) is 2.86. The summed E-state index contributed by atoms with van der Waals surface area (Å²) in [4.78, 5) is 33.4. The molecule has 0 aliphatic heterocycles. The van der Waals surface area contributed by atoms with E-state index in [0.29, 0.717) is 22.9 Å². The highest BCUT2D eigenvalue weighted by Crippen LogP contribution is 2.46. The summed E-state index contributed by atoms with van der Waals surface area (Å²) in [7, 11) is 2.89. The zero-order valence-electron chi connectivity index (χ0n) is 19.4. The lowest BCUT2D eigenvalue weighted by Gasteiger charge is -2.15. The number of hydrogen-bond acceptors (Lipinski definition) is 8. The Morgan fingerprint density at radius 1 is 1.14 bits per heavy atom. The van der Waals surface area contributed by atoms with Gasteiger partial charge in [-0.2, -0.15) is 0 Å². The van der Waals surface area contributed by atoms with E-state index < -0.39 is 5.43 Å². The Morgan fingerprint density at radius 2 is 1.83 bits per heavy atom. The zero-order chi connectivity index (χ0) is 26.0. The third-order valence-electron chi connectivity index (χ3n) is 5.24. The summed E-state index contributed by atoms with van der Waals surface area (Å²) in [5.41, 5.74) is 1.82. The highest BCUT2D eigenvalue weighted by atomic mass is 35.5. The van der Waals surface area contributed by atoms with E-state index in [1.807, 2.05) is 13.0 Å². The van der Waals surface area contributed by atoms with Gasteiger partial charge in [-0.3, -0.25) is 9.59 Å². The topological polar surface area (TPSA) is 116 Å². The highest BCUT2D eigenvalue weighted by Gasteiger charge is 2.22. The van der Waals surface area contributed by atoms with Gasteiger partial charge in [0.1, 0.15) is 17.3 Å². The average molecular weight is 527 g/mol. The number of anilines is 3. The fraction of sp³-hybridized carbons (Fsp3) is 0.120. The molecule has 2 N–H and O–H groups in total. The molecule has 2 aromatic carbocycles. The first-order valence-electron chi connectivity index (χ1n) is 10.5. The van der Waals surface area contributed by atoms with Crippen LogP contribution in [0.15, 0.2) is 58.4 Å². The number of nitrogens with zero attached hydrogens (tertiary/aromatic N) is 2. The summed E-state index contributed by atoms with van der Waals surface area (Å²) in [6, 6.07) is 8.12. The van der Waals surface area contributed by atoms with Crippen molar-refractivity contribution in [3.63, 3.8) is 0 Å². The Balaban J connectivity index is 1.79. The number of nitrogens with one attached hydrogen (secondary N) is 2. The van der Waals surface area contributed by atoms with Gasteiger partial charge in [0.25, 0.3) is 0 Å². The summed E-state index contributed by atoms with van der Waals surface area (Å²) in [5.74, 6) is 0.443. The van der Waals surface area contributed by atoms with E-state index in [2.05, 4.69) is 27.2 Å². The first-order chi connectivity index (χ1) is 17.3. The standard InChI is InChI=1S/C25H20Cl2N4O5/c1-5-19(33)29-13-8-6-7-12(2)23(13)30-25-28-11-18-24(31-25)14(32)9-15(36-18)20-21(26)16(34-3)10-17(35-4)22(20)27/h5-11H,1H2,2-4H3,(H,29,33)(H,28,30,31). The molecule has 0 atom stereocenters. The fourth-order valence-electron chi connectivity index (χ4n) is 3.48. The van der Waals surface area contributed by atoms with E-state index >= 15 is 0 Å². The Kier molecular flexibility index (Phi) is 7.14. The number of aryl methyl sites for hydroxylation is 1. The number of methoxy groups -OCH3 is 2. The number of fused-ring (bicyclic) bond motifs is 1. The van der Waals surface area contributed by atoms with E-state index in [1.165, 1.54) is 32.5 Å². The van der Waals surface area contributed by atoms with Crippen molar-refractivity contribution in [2.75, 3.05) is 24.9 Å². The maximum absolute atomic E-state index is 13.0. The van der Waals surface area contributed by atoms with Crippen molar-refractivity contribution in [2.45, 2.75) is 6.92 Å². The number of para-hydroxylation sites is 1. The summed E-state index contributed by atoms with van der Waals surface area (Å²) < 4.78 is 16.5. The third kappa shape index (κ3) is 4.71.